The van der Waals surface area contributed by atoms with Crippen molar-refractivity contribution in [2.24, 2.45) is 0 Å². The van der Waals surface area contributed by atoms with Gasteiger partial charge in [-0.1, -0.05) is 23.7 Å². The number of halogens is 1. The van der Waals surface area contributed by atoms with Gasteiger partial charge in [-0.25, -0.2) is 0 Å². The molecule has 0 unspecified atom stereocenters. The zero-order valence-corrected chi connectivity index (χ0v) is 12.7. The third kappa shape index (κ3) is 3.89. The maximum Gasteiger partial charge on any atom is 0.253 e. The van der Waals surface area contributed by atoms with Crippen LogP contribution >= 0.6 is 11.6 Å². The van der Waals surface area contributed by atoms with Crippen LogP contribution in [0.3, 0.4) is 0 Å². The van der Waals surface area contributed by atoms with Gasteiger partial charge in [-0.3, -0.25) is 4.79 Å². The van der Waals surface area contributed by atoms with Crippen molar-refractivity contribution in [1.29, 1.82) is 0 Å². The summed E-state index contributed by atoms with van der Waals surface area (Å²) in [6.45, 7) is 0.367. The number of carbonyl (C=O) groups is 1. The summed E-state index contributed by atoms with van der Waals surface area (Å²) in [5.74, 6) is 0.452. The van der Waals surface area contributed by atoms with Crippen molar-refractivity contribution >= 4 is 23.2 Å². The van der Waals surface area contributed by atoms with Crippen LogP contribution in [-0.2, 0) is 6.61 Å². The molecule has 0 aliphatic rings. The minimum atomic E-state index is -0.0944. The van der Waals surface area contributed by atoms with Gasteiger partial charge in [0.15, 0.2) is 0 Å². The molecule has 21 heavy (non-hydrogen) atoms. The molecular weight excluding hydrogens is 288 g/mol. The van der Waals surface area contributed by atoms with Crippen molar-refractivity contribution in [3.63, 3.8) is 0 Å². The van der Waals surface area contributed by atoms with Gasteiger partial charge >= 0.3 is 0 Å². The van der Waals surface area contributed by atoms with E-state index < -0.39 is 0 Å². The van der Waals surface area contributed by atoms with Crippen LogP contribution in [0, 0.1) is 0 Å². The van der Waals surface area contributed by atoms with E-state index in [9.17, 15) is 4.79 Å². The predicted octanol–water partition coefficient (Wildman–Crippen LogP) is 3.20. The molecule has 110 valence electrons. The first-order valence-corrected chi connectivity index (χ1v) is 6.83. The van der Waals surface area contributed by atoms with Crippen LogP contribution in [-0.4, -0.2) is 24.9 Å². The fourth-order valence-corrected chi connectivity index (χ4v) is 2.07. The van der Waals surface area contributed by atoms with Gasteiger partial charge in [0.25, 0.3) is 5.91 Å². The lowest BCUT2D eigenvalue weighted by molar-refractivity contribution is 0.0827. The number of nitrogens with two attached hydrogens (primary N) is 1. The highest BCUT2D eigenvalue weighted by Crippen LogP contribution is 2.24. The van der Waals surface area contributed by atoms with Crippen LogP contribution in [0.5, 0.6) is 5.75 Å². The Balaban J connectivity index is 2.09. The van der Waals surface area contributed by atoms with E-state index in [4.69, 9.17) is 22.1 Å². The zero-order valence-electron chi connectivity index (χ0n) is 12.0. The van der Waals surface area contributed by atoms with Gasteiger partial charge in [0.2, 0.25) is 0 Å². The van der Waals surface area contributed by atoms with Gasteiger partial charge in [-0.15, -0.1) is 0 Å². The van der Waals surface area contributed by atoms with Gasteiger partial charge in [0.1, 0.15) is 12.4 Å². The molecule has 0 fully saturated rings. The van der Waals surface area contributed by atoms with Crippen LogP contribution in [0.4, 0.5) is 5.69 Å². The van der Waals surface area contributed by atoms with Crippen LogP contribution < -0.4 is 10.5 Å². The van der Waals surface area contributed by atoms with Gasteiger partial charge in [-0.05, 0) is 35.9 Å². The first-order valence-electron chi connectivity index (χ1n) is 6.46. The van der Waals surface area contributed by atoms with Crippen LogP contribution in [0.1, 0.15) is 15.9 Å². The van der Waals surface area contributed by atoms with Crippen molar-refractivity contribution < 1.29 is 9.53 Å². The Morgan fingerprint density at radius 1 is 1.24 bits per heavy atom. The van der Waals surface area contributed by atoms with E-state index in [1.165, 1.54) is 4.90 Å². The Hall–Kier alpha value is -2.20. The predicted molar refractivity (Wildman–Crippen MR) is 84.7 cm³/mol. The van der Waals surface area contributed by atoms with Gasteiger partial charge in [0, 0.05) is 24.7 Å². The van der Waals surface area contributed by atoms with E-state index in [1.54, 1.807) is 38.4 Å². The van der Waals surface area contributed by atoms with E-state index in [-0.39, 0.29) is 5.91 Å². The smallest absolute Gasteiger partial charge is 0.253 e. The third-order valence-corrected chi connectivity index (χ3v) is 3.18. The molecule has 2 aromatic rings. The molecule has 1 amide bonds. The third-order valence-electron chi connectivity index (χ3n) is 2.95. The molecule has 0 saturated carbocycles. The van der Waals surface area contributed by atoms with E-state index in [0.29, 0.717) is 28.6 Å². The lowest BCUT2D eigenvalue weighted by atomic mass is 10.1. The molecule has 0 aliphatic carbocycles. The summed E-state index contributed by atoms with van der Waals surface area (Å²) >= 11 is 5.92. The highest BCUT2D eigenvalue weighted by molar-refractivity contribution is 6.30. The highest BCUT2D eigenvalue weighted by Gasteiger charge is 2.10. The average molecular weight is 305 g/mol. The fraction of sp³-hybridized carbons (Fsp3) is 0.188. The van der Waals surface area contributed by atoms with Crippen LogP contribution in [0.2, 0.25) is 5.02 Å². The zero-order chi connectivity index (χ0) is 15.4. The van der Waals surface area contributed by atoms with Crippen molar-refractivity contribution in [3.8, 4) is 5.75 Å². The minimum absolute atomic E-state index is 0.0944. The quantitative estimate of drug-likeness (QED) is 0.883. The molecule has 0 saturated heterocycles. The molecule has 0 aliphatic heterocycles. The second-order valence-electron chi connectivity index (χ2n) is 4.87. The fourth-order valence-electron chi connectivity index (χ4n) is 1.86. The lowest BCUT2D eigenvalue weighted by Gasteiger charge is -2.13. The number of hydrogen-bond acceptors (Lipinski definition) is 3. The van der Waals surface area contributed by atoms with Crippen molar-refractivity contribution in [2.75, 3.05) is 19.8 Å². The van der Waals surface area contributed by atoms with Gasteiger partial charge in [-0.2, -0.15) is 0 Å². The molecule has 0 atom stereocenters. The number of nitrogen functional groups attached to an aromatic ring is 1. The van der Waals surface area contributed by atoms with Crippen molar-refractivity contribution in [3.05, 3.63) is 58.6 Å². The summed E-state index contributed by atoms with van der Waals surface area (Å²) < 4.78 is 5.66. The molecule has 2 aromatic carbocycles. The SMILES string of the molecule is CN(C)C(=O)c1ccc(OCc2cccc(Cl)c2)c(N)c1. The molecule has 0 aromatic heterocycles. The maximum absolute atomic E-state index is 11.8. The van der Waals surface area contributed by atoms with E-state index in [0.717, 1.165) is 5.56 Å². The standard InChI is InChI=1S/C16H17ClN2O2/c1-19(2)16(20)12-6-7-15(14(18)9-12)21-10-11-4-3-5-13(17)8-11/h3-9H,10,18H2,1-2H3. The lowest BCUT2D eigenvalue weighted by Crippen LogP contribution is -2.21. The first-order chi connectivity index (χ1) is 9.97. The number of nitrogens with zero attached hydrogens (tertiary/aromatic N) is 1. The number of amides is 1. The molecular formula is C16H17ClN2O2. The molecule has 2 rings (SSSR count). The Morgan fingerprint density at radius 3 is 2.62 bits per heavy atom. The molecule has 0 bridgehead atoms. The number of carbonyl (C=O) groups excluding carboxylic acids is 1. The summed E-state index contributed by atoms with van der Waals surface area (Å²) in [6.07, 6.45) is 0. The van der Waals surface area contributed by atoms with Crippen molar-refractivity contribution in [2.45, 2.75) is 6.61 Å². The Kier molecular flexibility index (Phi) is 4.70. The topological polar surface area (TPSA) is 55.6 Å². The molecule has 2 N–H and O–H groups in total. The molecule has 4 nitrogen and oxygen atoms in total. The van der Waals surface area contributed by atoms with Gasteiger partial charge in [0.05, 0.1) is 5.69 Å². The van der Waals surface area contributed by atoms with Gasteiger partial charge < -0.3 is 15.4 Å². The number of rotatable bonds is 4. The summed E-state index contributed by atoms with van der Waals surface area (Å²) in [7, 11) is 3.39. The largest absolute Gasteiger partial charge is 0.487 e. The van der Waals surface area contributed by atoms with E-state index >= 15 is 0 Å². The monoisotopic (exact) mass is 304 g/mol. The number of hydrogen-bond donors (Lipinski definition) is 1. The Morgan fingerprint density at radius 2 is 2.00 bits per heavy atom. The van der Waals surface area contributed by atoms with Crippen LogP contribution in [0.25, 0.3) is 0 Å². The number of anilines is 1. The molecule has 5 heteroatoms. The molecule has 0 heterocycles. The number of benzene rings is 2. The number of ether oxygens (including phenoxy) is 1. The average Bonchev–Trinajstić information content (AvgIpc) is 2.45. The summed E-state index contributed by atoms with van der Waals surface area (Å²) in [5.41, 5.74) is 7.86. The summed E-state index contributed by atoms with van der Waals surface area (Å²) in [4.78, 5) is 13.3. The normalized spacial score (nSPS) is 10.2. The Bertz CT molecular complexity index is 656. The summed E-state index contributed by atoms with van der Waals surface area (Å²) in [6, 6.07) is 12.5. The minimum Gasteiger partial charge on any atom is -0.487 e. The molecule has 0 radical (unpaired) electrons. The first kappa shape index (κ1) is 15.2. The van der Waals surface area contributed by atoms with Crippen molar-refractivity contribution in [1.82, 2.24) is 4.90 Å². The maximum atomic E-state index is 11.8. The van der Waals surface area contributed by atoms with Crippen LogP contribution in [0.15, 0.2) is 42.5 Å². The molecule has 0 spiro atoms. The van der Waals surface area contributed by atoms with E-state index in [2.05, 4.69) is 0 Å². The second-order valence-corrected chi connectivity index (χ2v) is 5.31. The second kappa shape index (κ2) is 6.50. The highest BCUT2D eigenvalue weighted by atomic mass is 35.5. The van der Waals surface area contributed by atoms with E-state index in [1.807, 2.05) is 18.2 Å². The summed E-state index contributed by atoms with van der Waals surface area (Å²) in [5, 5.41) is 0.663. The Labute approximate surface area is 129 Å².